The molecule has 8 N–H and O–H groups in total. The van der Waals surface area contributed by atoms with Gasteiger partial charge in [-0.15, -0.1) is 26.2 Å². The standard InChI is InChI=1S/C19H39NO5S2.C18H39NO5.C11H22NO3S2.C10H22NO3.C5H12.2CS2.4Na/c1-5-15(3)11-23-13-17(21)9-20(7-8-25-19(26)27)10-18(22)14-24-12-16(4)6-2;1-5-15(3)11-23-13-17(21)9-19(7-8-20)10-18(22)14-24-12-16(4)6-2;1-3-9(2)7-14-8-10(13)6-12-4-5-15-11(16)17;1-3-9(2)7-14-8-10(13)6-11-4-5-12;1-4-5(2)3;2*2-1-3;;;;/h15-18,21-22H,5-14H2,1-4H3,(H,26,27);15-18,20-22H,5-14H2,1-4H3;9-10,13H,3-8H2,1-2H3,(H,16,17);9-10,12-13H,3-8H2,1-2H3;5H,4H2,1-3H3;;;;;;/q;;2*-1;;;;4*+1/p-2. The van der Waals surface area contributed by atoms with Crippen LogP contribution in [0.3, 0.4) is 0 Å². The Morgan fingerprint density at radius 3 is 0.814 bits per heavy atom. The smallest absolute Gasteiger partial charge is 0.658 e. The number of aliphatic hydroxyl groups is 8. The SMILES string of the molecule is CCC(C)C.CCC(C)COCC(O)CN(CCO)CC(O)COCC(C)CC.CCC(C)COCC(O)CN(CCOC(=S)[S-])CC(O)COCC(C)CC.CCC(C)COCC(O)C[N-]CCO.CCC(C)COCC(O)C[N-]CCOC(=S)[S-].S=C=S.S=C=S.[Na+].[Na+].[Na+].[Na+]. The minimum Gasteiger partial charge on any atom is -0.658 e. The molecule has 0 aliphatic heterocycles. The average molecular weight is 1570 g/mol. The van der Waals surface area contributed by atoms with Crippen molar-refractivity contribution >= 4 is 116 Å². The summed E-state index contributed by atoms with van der Waals surface area (Å²) in [6.07, 6.45) is 4.04. The van der Waals surface area contributed by atoms with Gasteiger partial charge in [-0.3, -0.25) is 9.80 Å². The van der Waals surface area contributed by atoms with Crippen molar-refractivity contribution in [3.05, 3.63) is 10.6 Å². The molecule has 0 aromatic rings. The Hall–Kier alpha value is 3.94. The van der Waals surface area contributed by atoms with Gasteiger partial charge in [-0.25, -0.2) is 0 Å². The molecule has 0 radical (unpaired) electrons. The van der Waals surface area contributed by atoms with Crippen LogP contribution < -0.4 is 118 Å². The molecule has 12 unspecified atom stereocenters. The summed E-state index contributed by atoms with van der Waals surface area (Å²) in [7, 11) is 0. The molecule has 0 spiro atoms. The molecule has 560 valence electrons. The maximum atomic E-state index is 10.2. The molecule has 0 saturated carbocycles. The van der Waals surface area contributed by atoms with E-state index in [1.54, 1.807) is 0 Å². The molecule has 0 aromatic carbocycles. The van der Waals surface area contributed by atoms with E-state index in [1.165, 1.54) is 6.42 Å². The van der Waals surface area contributed by atoms with Crippen LogP contribution in [0, 0.1) is 41.4 Å². The summed E-state index contributed by atoms with van der Waals surface area (Å²) in [5.74, 6) is 3.86. The Morgan fingerprint density at radius 2 is 0.598 bits per heavy atom. The van der Waals surface area contributed by atoms with Crippen molar-refractivity contribution in [3.63, 3.8) is 0 Å². The second kappa shape index (κ2) is 98.0. The van der Waals surface area contributed by atoms with Gasteiger partial charge in [0, 0.05) is 103 Å². The van der Waals surface area contributed by atoms with Gasteiger partial charge >= 0.3 is 118 Å². The fourth-order valence-electron chi connectivity index (χ4n) is 6.31. The number of ether oxygens (including phenoxy) is 8. The molecule has 0 heterocycles. The van der Waals surface area contributed by atoms with E-state index in [1.807, 2.05) is 18.4 Å². The van der Waals surface area contributed by atoms with Crippen LogP contribution >= 0.6 is 73.3 Å². The molecule has 97 heavy (non-hydrogen) atoms. The van der Waals surface area contributed by atoms with Crippen molar-refractivity contribution < 1.29 is 197 Å². The molecular formula is C65H132N4Na4O16S8. The van der Waals surface area contributed by atoms with Crippen LogP contribution in [0.1, 0.15) is 149 Å². The van der Waals surface area contributed by atoms with E-state index in [4.69, 9.17) is 73.0 Å². The first-order valence-corrected chi connectivity index (χ1v) is 36.5. The van der Waals surface area contributed by atoms with E-state index in [2.05, 4.69) is 188 Å². The normalized spacial score (nSPS) is 14.1. The first-order valence-electron chi connectivity index (χ1n) is 33.2. The molecule has 0 bridgehead atoms. The molecular weight excluding hydrogens is 1440 g/mol. The largest absolute Gasteiger partial charge is 1.00 e. The van der Waals surface area contributed by atoms with E-state index in [-0.39, 0.29) is 167 Å². The molecule has 0 aromatic heterocycles. The monoisotopic (exact) mass is 1570 g/mol. The third-order valence-electron chi connectivity index (χ3n) is 13.6. The van der Waals surface area contributed by atoms with E-state index in [9.17, 15) is 30.6 Å². The second-order valence-electron chi connectivity index (χ2n) is 23.6. The average Bonchev–Trinajstić information content (AvgIpc) is 3.17. The Morgan fingerprint density at radius 1 is 0.371 bits per heavy atom. The van der Waals surface area contributed by atoms with E-state index in [0.29, 0.717) is 167 Å². The van der Waals surface area contributed by atoms with Crippen molar-refractivity contribution in [2.75, 3.05) is 171 Å². The molecule has 0 rings (SSSR count). The maximum Gasteiger partial charge on any atom is 1.00 e. The third-order valence-corrected chi connectivity index (χ3v) is 14.1. The van der Waals surface area contributed by atoms with Crippen LogP contribution in [0.25, 0.3) is 10.6 Å². The van der Waals surface area contributed by atoms with Gasteiger partial charge in [-0.1, -0.05) is 149 Å². The van der Waals surface area contributed by atoms with Gasteiger partial charge in [0.2, 0.25) is 0 Å². The van der Waals surface area contributed by atoms with Crippen molar-refractivity contribution in [2.45, 2.75) is 185 Å². The van der Waals surface area contributed by atoms with Gasteiger partial charge in [0.15, 0.2) is 0 Å². The zero-order valence-electron chi connectivity index (χ0n) is 63.7. The molecule has 0 aliphatic carbocycles. The summed E-state index contributed by atoms with van der Waals surface area (Å²) in [5, 5.41) is 85.1. The van der Waals surface area contributed by atoms with Crippen molar-refractivity contribution in [1.29, 1.82) is 0 Å². The van der Waals surface area contributed by atoms with Gasteiger partial charge in [0.25, 0.3) is 0 Å². The molecule has 20 nitrogen and oxygen atoms in total. The minimum absolute atomic E-state index is 0. The van der Waals surface area contributed by atoms with Gasteiger partial charge in [-0.05, 0) is 90.3 Å². The number of nitrogens with zero attached hydrogens (tertiary/aromatic N) is 4. The van der Waals surface area contributed by atoms with Crippen molar-refractivity contribution in [2.24, 2.45) is 41.4 Å². The molecule has 0 amide bonds. The van der Waals surface area contributed by atoms with Gasteiger partial charge in [-0.2, -0.15) is 0 Å². The zero-order valence-corrected chi connectivity index (χ0v) is 78.3. The number of rotatable bonds is 53. The van der Waals surface area contributed by atoms with E-state index in [0.717, 1.165) is 44.4 Å². The number of hydrogen-bond donors (Lipinski definition) is 8. The predicted molar refractivity (Wildman–Crippen MR) is 408 cm³/mol. The zero-order chi connectivity index (χ0) is 72.6. The van der Waals surface area contributed by atoms with Gasteiger partial charge in [0.1, 0.15) is 0 Å². The first-order chi connectivity index (χ1) is 44.1. The van der Waals surface area contributed by atoms with Gasteiger partial charge < -0.3 is 139 Å². The summed E-state index contributed by atoms with van der Waals surface area (Å²) in [6, 6.07) is 0. The van der Waals surface area contributed by atoms with E-state index >= 15 is 0 Å². The number of hydrogen-bond acceptors (Lipinski definition) is 26. The predicted octanol–water partition coefficient (Wildman–Crippen LogP) is -2.38. The molecule has 0 aliphatic rings. The quantitative estimate of drug-likeness (QED) is 0.0137. The fraction of sp³-hybridized carbons (Fsp3) is 0.938. The molecule has 0 fully saturated rings. The Kier molecular flexibility index (Phi) is 126. The summed E-state index contributed by atoms with van der Waals surface area (Å²) in [4.78, 5) is 3.76. The summed E-state index contributed by atoms with van der Waals surface area (Å²) in [5.41, 5.74) is 0. The Bertz CT molecular complexity index is 1580. The summed E-state index contributed by atoms with van der Waals surface area (Å²) in [6.45, 7) is 42.3. The Balaban J connectivity index is -0.000000108. The van der Waals surface area contributed by atoms with Crippen LogP contribution in [0.5, 0.6) is 0 Å². The summed E-state index contributed by atoms with van der Waals surface area (Å²) >= 11 is 34.5. The topological polar surface area (TPSA) is 270 Å². The van der Waals surface area contributed by atoms with Crippen molar-refractivity contribution in [1.82, 2.24) is 9.80 Å². The van der Waals surface area contributed by atoms with Crippen LogP contribution in [-0.4, -0.2) is 276 Å². The maximum absolute atomic E-state index is 10.2. The molecule has 12 atom stereocenters. The minimum atomic E-state index is -0.641. The van der Waals surface area contributed by atoms with Gasteiger partial charge in [0.05, 0.1) is 96.1 Å². The molecule has 0 saturated heterocycles. The van der Waals surface area contributed by atoms with Crippen LogP contribution in [0.4, 0.5) is 0 Å². The number of aliphatic hydroxyl groups excluding tert-OH is 8. The molecule has 32 heteroatoms. The van der Waals surface area contributed by atoms with Crippen molar-refractivity contribution in [3.8, 4) is 0 Å². The first kappa shape index (κ1) is 125. The van der Waals surface area contributed by atoms with E-state index < -0.39 is 36.6 Å². The van der Waals surface area contributed by atoms with Crippen LogP contribution in [0.2, 0.25) is 0 Å². The third kappa shape index (κ3) is 113. The number of thiocarbonyl (C=S) groups is 6. The van der Waals surface area contributed by atoms with Crippen LogP contribution in [-0.2, 0) is 63.2 Å². The summed E-state index contributed by atoms with van der Waals surface area (Å²) < 4.78 is 46.9. The van der Waals surface area contributed by atoms with Crippen LogP contribution in [0.15, 0.2) is 0 Å². The fourth-order valence-corrected chi connectivity index (χ4v) is 6.64. The second-order valence-corrected chi connectivity index (χ2v) is 27.0. The Labute approximate surface area is 722 Å².